The third-order valence-electron chi connectivity index (χ3n) is 4.85. The van der Waals surface area contributed by atoms with Crippen molar-refractivity contribution in [3.8, 4) is 0 Å². The molecule has 0 bridgehead atoms. The van der Waals surface area contributed by atoms with Crippen LogP contribution in [0, 0.1) is 19.8 Å². The summed E-state index contributed by atoms with van der Waals surface area (Å²) in [5.41, 5.74) is 1.72. The van der Waals surface area contributed by atoms with Gasteiger partial charge in [0.05, 0.1) is 18.2 Å². The summed E-state index contributed by atoms with van der Waals surface area (Å²) in [4.78, 5) is 16.6. The summed E-state index contributed by atoms with van der Waals surface area (Å²) in [6.07, 6.45) is 2.50. The Labute approximate surface area is 131 Å². The first-order valence-electron chi connectivity index (χ1n) is 8.14. The summed E-state index contributed by atoms with van der Waals surface area (Å²) < 4.78 is 5.12. The van der Waals surface area contributed by atoms with Crippen molar-refractivity contribution in [1.29, 1.82) is 0 Å². The molecule has 1 saturated heterocycles. The minimum Gasteiger partial charge on any atom is -0.392 e. The summed E-state index contributed by atoms with van der Waals surface area (Å²) in [6.45, 7) is 7.63. The molecular formula is C16H25N3O3. The molecule has 1 unspecified atom stereocenters. The number of carbonyl (C=O) groups excluding carboxylic acids is 1. The van der Waals surface area contributed by atoms with E-state index < -0.39 is 0 Å². The van der Waals surface area contributed by atoms with Crippen molar-refractivity contribution in [3.63, 3.8) is 0 Å². The first-order valence-corrected chi connectivity index (χ1v) is 8.14. The smallest absolute Gasteiger partial charge is 0.227 e. The molecule has 2 fully saturated rings. The lowest BCUT2D eigenvalue weighted by molar-refractivity contribution is -0.132. The number of carbonyl (C=O) groups is 1. The van der Waals surface area contributed by atoms with E-state index in [-0.39, 0.29) is 12.0 Å². The molecule has 1 aromatic heterocycles. The van der Waals surface area contributed by atoms with Gasteiger partial charge in [0.1, 0.15) is 5.76 Å². The second kappa shape index (κ2) is 6.38. The van der Waals surface area contributed by atoms with E-state index in [1.165, 1.54) is 0 Å². The molecule has 2 heterocycles. The van der Waals surface area contributed by atoms with E-state index in [2.05, 4.69) is 10.1 Å². The Morgan fingerprint density at radius 1 is 1.32 bits per heavy atom. The SMILES string of the molecule is Cc1noc(C)c1CC(=O)N1CCN(CC(O)C2CC2)CC1. The molecule has 0 aromatic carbocycles. The van der Waals surface area contributed by atoms with E-state index in [0.717, 1.165) is 62.6 Å². The highest BCUT2D eigenvalue weighted by atomic mass is 16.5. The first kappa shape index (κ1) is 15.5. The molecule has 1 aromatic rings. The number of aliphatic hydroxyl groups is 1. The number of hydrogen-bond acceptors (Lipinski definition) is 5. The number of amides is 1. The molecule has 122 valence electrons. The van der Waals surface area contributed by atoms with Gasteiger partial charge >= 0.3 is 0 Å². The first-order chi connectivity index (χ1) is 10.5. The van der Waals surface area contributed by atoms with Crippen LogP contribution in [0.4, 0.5) is 0 Å². The lowest BCUT2D eigenvalue weighted by atomic mass is 10.1. The van der Waals surface area contributed by atoms with Gasteiger partial charge < -0.3 is 14.5 Å². The average Bonchev–Trinajstić information content (AvgIpc) is 3.31. The lowest BCUT2D eigenvalue weighted by Crippen LogP contribution is -2.51. The highest BCUT2D eigenvalue weighted by molar-refractivity contribution is 5.79. The fourth-order valence-electron chi connectivity index (χ4n) is 3.09. The van der Waals surface area contributed by atoms with Crippen molar-refractivity contribution in [1.82, 2.24) is 15.0 Å². The molecule has 1 aliphatic carbocycles. The summed E-state index contributed by atoms with van der Waals surface area (Å²) in [5, 5.41) is 13.9. The molecule has 2 aliphatic rings. The van der Waals surface area contributed by atoms with Gasteiger partial charge in [-0.2, -0.15) is 0 Å². The van der Waals surface area contributed by atoms with E-state index >= 15 is 0 Å². The third kappa shape index (κ3) is 3.50. The highest BCUT2D eigenvalue weighted by Gasteiger charge is 2.32. The van der Waals surface area contributed by atoms with Gasteiger partial charge in [0.2, 0.25) is 5.91 Å². The molecule has 1 amide bonds. The predicted molar refractivity (Wildman–Crippen MR) is 81.4 cm³/mol. The fourth-order valence-corrected chi connectivity index (χ4v) is 3.09. The number of hydrogen-bond donors (Lipinski definition) is 1. The number of nitrogens with zero attached hydrogens (tertiary/aromatic N) is 3. The van der Waals surface area contributed by atoms with E-state index in [0.29, 0.717) is 12.3 Å². The van der Waals surface area contributed by atoms with Crippen molar-refractivity contribution in [3.05, 3.63) is 17.0 Å². The quantitative estimate of drug-likeness (QED) is 0.869. The van der Waals surface area contributed by atoms with Crippen LogP contribution in [0.1, 0.15) is 29.9 Å². The summed E-state index contributed by atoms with van der Waals surface area (Å²) >= 11 is 0. The zero-order chi connectivity index (χ0) is 15.7. The zero-order valence-electron chi connectivity index (χ0n) is 13.4. The van der Waals surface area contributed by atoms with Crippen LogP contribution in [0.15, 0.2) is 4.52 Å². The van der Waals surface area contributed by atoms with Crippen molar-refractivity contribution in [2.45, 2.75) is 39.2 Å². The Hall–Kier alpha value is -1.40. The van der Waals surface area contributed by atoms with Crippen molar-refractivity contribution < 1.29 is 14.4 Å². The second-order valence-corrected chi connectivity index (χ2v) is 6.57. The monoisotopic (exact) mass is 307 g/mol. The van der Waals surface area contributed by atoms with Gasteiger partial charge in [0, 0.05) is 38.3 Å². The van der Waals surface area contributed by atoms with Crippen LogP contribution in [0.2, 0.25) is 0 Å². The zero-order valence-corrected chi connectivity index (χ0v) is 13.4. The van der Waals surface area contributed by atoms with Gasteiger partial charge in [-0.05, 0) is 32.6 Å². The maximum atomic E-state index is 12.4. The minimum atomic E-state index is -0.190. The van der Waals surface area contributed by atoms with Crippen LogP contribution in [-0.2, 0) is 11.2 Å². The van der Waals surface area contributed by atoms with Crippen LogP contribution in [0.3, 0.4) is 0 Å². The van der Waals surface area contributed by atoms with Crippen molar-refractivity contribution in [2.24, 2.45) is 5.92 Å². The lowest BCUT2D eigenvalue weighted by Gasteiger charge is -2.35. The third-order valence-corrected chi connectivity index (χ3v) is 4.85. The summed E-state index contributed by atoms with van der Waals surface area (Å²) in [6, 6.07) is 0. The maximum Gasteiger partial charge on any atom is 0.227 e. The molecule has 0 radical (unpaired) electrons. The van der Waals surface area contributed by atoms with Crippen LogP contribution in [0.5, 0.6) is 0 Å². The summed E-state index contributed by atoms with van der Waals surface area (Å²) in [5.74, 6) is 1.38. The van der Waals surface area contributed by atoms with E-state index in [1.807, 2.05) is 18.7 Å². The second-order valence-electron chi connectivity index (χ2n) is 6.57. The molecule has 1 N–H and O–H groups in total. The average molecular weight is 307 g/mol. The minimum absolute atomic E-state index is 0.136. The summed E-state index contributed by atoms with van der Waals surface area (Å²) in [7, 11) is 0. The Morgan fingerprint density at radius 2 is 2.00 bits per heavy atom. The number of piperazine rings is 1. The predicted octanol–water partition coefficient (Wildman–Crippen LogP) is 0.749. The molecule has 1 saturated carbocycles. The number of aromatic nitrogens is 1. The van der Waals surface area contributed by atoms with Crippen LogP contribution in [0.25, 0.3) is 0 Å². The van der Waals surface area contributed by atoms with Gasteiger partial charge in [0.25, 0.3) is 0 Å². The Bertz CT molecular complexity index is 511. The molecule has 6 heteroatoms. The van der Waals surface area contributed by atoms with Gasteiger partial charge in [-0.25, -0.2) is 0 Å². The van der Waals surface area contributed by atoms with Crippen LogP contribution in [-0.4, -0.2) is 64.8 Å². The largest absolute Gasteiger partial charge is 0.392 e. The number of β-amino-alcohol motifs (C(OH)–C–C–N with tert-alkyl or cyclic N) is 1. The topological polar surface area (TPSA) is 69.8 Å². The maximum absolute atomic E-state index is 12.4. The fraction of sp³-hybridized carbons (Fsp3) is 0.750. The highest BCUT2D eigenvalue weighted by Crippen LogP contribution is 2.32. The van der Waals surface area contributed by atoms with E-state index in [1.54, 1.807) is 0 Å². The number of rotatable bonds is 5. The molecule has 1 atom stereocenters. The molecule has 3 rings (SSSR count). The number of aryl methyl sites for hydroxylation is 2. The normalized spacial score (nSPS) is 21.1. The van der Waals surface area contributed by atoms with E-state index in [9.17, 15) is 9.90 Å². The van der Waals surface area contributed by atoms with Crippen molar-refractivity contribution >= 4 is 5.91 Å². The molecular weight excluding hydrogens is 282 g/mol. The Morgan fingerprint density at radius 3 is 2.55 bits per heavy atom. The molecule has 1 aliphatic heterocycles. The van der Waals surface area contributed by atoms with Crippen LogP contribution >= 0.6 is 0 Å². The number of aliphatic hydroxyl groups excluding tert-OH is 1. The Kier molecular flexibility index (Phi) is 4.49. The van der Waals surface area contributed by atoms with Gasteiger partial charge in [0.15, 0.2) is 0 Å². The van der Waals surface area contributed by atoms with Crippen LogP contribution < -0.4 is 0 Å². The standard InChI is InChI=1S/C16H25N3O3/c1-11-14(12(2)22-17-11)9-16(21)19-7-5-18(6-8-19)10-15(20)13-3-4-13/h13,15,20H,3-10H2,1-2H3. The Balaban J connectivity index is 1.47. The van der Waals surface area contributed by atoms with Gasteiger partial charge in [-0.3, -0.25) is 9.69 Å². The molecule has 6 nitrogen and oxygen atoms in total. The van der Waals surface area contributed by atoms with E-state index in [4.69, 9.17) is 4.52 Å². The van der Waals surface area contributed by atoms with Crippen molar-refractivity contribution in [2.75, 3.05) is 32.7 Å². The molecule has 0 spiro atoms. The van der Waals surface area contributed by atoms with Gasteiger partial charge in [-0.15, -0.1) is 0 Å². The van der Waals surface area contributed by atoms with Gasteiger partial charge in [-0.1, -0.05) is 5.16 Å². The molecule has 22 heavy (non-hydrogen) atoms.